The Hall–Kier alpha value is -0.970. The van der Waals surface area contributed by atoms with E-state index in [1.807, 2.05) is 0 Å². The van der Waals surface area contributed by atoms with Gasteiger partial charge in [0.2, 0.25) is 0 Å². The zero-order chi connectivity index (χ0) is 12.5. The van der Waals surface area contributed by atoms with Crippen molar-refractivity contribution in [3.05, 3.63) is 34.3 Å². The smallest absolute Gasteiger partial charge is 0.315 e. The van der Waals surface area contributed by atoms with E-state index in [2.05, 4.69) is 15.9 Å². The second-order valence-corrected chi connectivity index (χ2v) is 5.82. The van der Waals surface area contributed by atoms with Crippen LogP contribution in [-0.4, -0.2) is 17.0 Å². The Balaban J connectivity index is 1.99. The molecule has 0 spiro atoms. The number of carboxylic acid groups (broad SMARTS) is 1. The van der Waals surface area contributed by atoms with Crippen LogP contribution in [0, 0.1) is 5.41 Å². The second-order valence-electron chi connectivity index (χ2n) is 4.90. The lowest BCUT2D eigenvalue weighted by Crippen LogP contribution is -2.83. The van der Waals surface area contributed by atoms with Gasteiger partial charge in [-0.2, -0.15) is 0 Å². The van der Waals surface area contributed by atoms with Gasteiger partial charge in [-0.15, -0.1) is 0 Å². The van der Waals surface area contributed by atoms with Gasteiger partial charge < -0.3 is 5.11 Å². The summed E-state index contributed by atoms with van der Waals surface area (Å²) in [5.41, 5.74) is -2.51. The maximum atomic E-state index is 13.9. The molecule has 0 unspecified atom stereocenters. The lowest BCUT2D eigenvalue weighted by molar-refractivity contribution is -0.357. The number of carbonyl (C=O) groups is 1. The molecule has 17 heavy (non-hydrogen) atoms. The molecule has 3 aliphatic rings. The van der Waals surface area contributed by atoms with Crippen LogP contribution in [0.15, 0.2) is 28.7 Å². The summed E-state index contributed by atoms with van der Waals surface area (Å²) < 4.78 is 28.7. The third-order valence-corrected chi connectivity index (χ3v) is 4.74. The van der Waals surface area contributed by atoms with Crippen molar-refractivity contribution < 1.29 is 18.7 Å². The van der Waals surface area contributed by atoms with E-state index in [0.29, 0.717) is 5.56 Å². The van der Waals surface area contributed by atoms with Crippen LogP contribution in [0.2, 0.25) is 0 Å². The zero-order valence-corrected chi connectivity index (χ0v) is 10.3. The first-order valence-electron chi connectivity index (χ1n) is 5.23. The Bertz CT molecular complexity index is 504. The lowest BCUT2D eigenvalue weighted by Gasteiger charge is -2.73. The van der Waals surface area contributed by atoms with Gasteiger partial charge in [0.05, 0.1) is 5.41 Å². The monoisotopic (exact) mass is 302 g/mol. The van der Waals surface area contributed by atoms with Crippen molar-refractivity contribution >= 4 is 21.9 Å². The number of halogens is 3. The van der Waals surface area contributed by atoms with Gasteiger partial charge in [0.1, 0.15) is 5.41 Å². The predicted octanol–water partition coefficient (Wildman–Crippen LogP) is 3.20. The van der Waals surface area contributed by atoms with E-state index in [0.717, 1.165) is 4.47 Å². The van der Waals surface area contributed by atoms with Crippen LogP contribution in [-0.2, 0) is 10.2 Å². The van der Waals surface area contributed by atoms with Crippen LogP contribution >= 0.6 is 15.9 Å². The lowest BCUT2D eigenvalue weighted by atomic mass is 9.30. The maximum Gasteiger partial charge on any atom is 0.315 e. The number of benzene rings is 1. The highest BCUT2D eigenvalue weighted by Crippen LogP contribution is 2.81. The molecule has 1 aromatic rings. The quantitative estimate of drug-likeness (QED) is 0.911. The molecule has 0 aliphatic heterocycles. The van der Waals surface area contributed by atoms with Gasteiger partial charge in [0.25, 0.3) is 5.92 Å². The zero-order valence-electron chi connectivity index (χ0n) is 8.71. The molecule has 3 aliphatic carbocycles. The molecular weight excluding hydrogens is 294 g/mol. The van der Waals surface area contributed by atoms with E-state index in [1.165, 1.54) is 0 Å². The number of aliphatic carboxylic acids is 1. The Morgan fingerprint density at radius 1 is 1.24 bits per heavy atom. The third-order valence-electron chi connectivity index (χ3n) is 4.22. The molecule has 1 aromatic carbocycles. The third kappa shape index (κ3) is 0.980. The molecular formula is C12H9BrF2O2. The molecule has 1 N–H and O–H groups in total. The summed E-state index contributed by atoms with van der Waals surface area (Å²) in [4.78, 5) is 10.9. The van der Waals surface area contributed by atoms with Crippen molar-refractivity contribution in [2.75, 3.05) is 0 Å². The Morgan fingerprint density at radius 2 is 1.76 bits per heavy atom. The number of hydrogen-bond donors (Lipinski definition) is 1. The Labute approximate surface area is 105 Å². The van der Waals surface area contributed by atoms with Crippen molar-refractivity contribution in [1.82, 2.24) is 0 Å². The summed E-state index contributed by atoms with van der Waals surface area (Å²) in [5.74, 6) is -4.50. The first-order chi connectivity index (χ1) is 7.86. The fourth-order valence-electron chi connectivity index (χ4n) is 3.11. The molecule has 0 saturated heterocycles. The van der Waals surface area contributed by atoms with E-state index in [1.54, 1.807) is 24.3 Å². The molecule has 0 atom stereocenters. The predicted molar refractivity (Wildman–Crippen MR) is 60.1 cm³/mol. The minimum atomic E-state index is -3.13. The largest absolute Gasteiger partial charge is 0.481 e. The Kier molecular flexibility index (Phi) is 1.89. The van der Waals surface area contributed by atoms with Crippen LogP contribution in [0.1, 0.15) is 18.4 Å². The van der Waals surface area contributed by atoms with E-state index >= 15 is 0 Å². The highest BCUT2D eigenvalue weighted by atomic mass is 79.9. The number of carboxylic acids is 1. The Morgan fingerprint density at radius 3 is 2.18 bits per heavy atom. The van der Waals surface area contributed by atoms with E-state index in [4.69, 9.17) is 5.11 Å². The van der Waals surface area contributed by atoms with Crippen molar-refractivity contribution in [3.63, 3.8) is 0 Å². The normalized spacial score (nSPS) is 36.9. The molecule has 4 rings (SSSR count). The standard InChI is InChI=1S/C12H9BrF2O2/c13-8-3-1-7(2-4-8)10-5-11(6-10,9(16)17)12(10,14)15/h1-4H,5-6H2,(H,16,17). The summed E-state index contributed by atoms with van der Waals surface area (Å²) in [6, 6.07) is 6.70. The topological polar surface area (TPSA) is 37.3 Å². The summed E-state index contributed by atoms with van der Waals surface area (Å²) in [6.07, 6.45) is 0.0912. The van der Waals surface area contributed by atoms with Gasteiger partial charge in [-0.05, 0) is 30.5 Å². The fourth-order valence-corrected chi connectivity index (χ4v) is 3.37. The number of rotatable bonds is 2. The first-order valence-corrected chi connectivity index (χ1v) is 6.02. The fraction of sp³-hybridized carbons (Fsp3) is 0.417. The molecule has 2 bridgehead atoms. The van der Waals surface area contributed by atoms with Gasteiger partial charge in [0, 0.05) is 4.47 Å². The molecule has 0 aromatic heterocycles. The van der Waals surface area contributed by atoms with Gasteiger partial charge in [-0.25, -0.2) is 8.78 Å². The van der Waals surface area contributed by atoms with Crippen LogP contribution in [0.25, 0.3) is 0 Å². The molecule has 2 nitrogen and oxygen atoms in total. The van der Waals surface area contributed by atoms with Gasteiger partial charge >= 0.3 is 5.97 Å². The summed E-state index contributed by atoms with van der Waals surface area (Å²) in [7, 11) is 0. The molecule has 0 heterocycles. The molecule has 90 valence electrons. The van der Waals surface area contributed by atoms with Crippen molar-refractivity contribution in [1.29, 1.82) is 0 Å². The SMILES string of the molecule is O=C(O)C12CC(c3ccc(Br)cc3)(C1)C2(F)F. The minimum Gasteiger partial charge on any atom is -0.481 e. The highest BCUT2D eigenvalue weighted by molar-refractivity contribution is 9.10. The number of hydrogen-bond acceptors (Lipinski definition) is 1. The van der Waals surface area contributed by atoms with E-state index in [9.17, 15) is 13.6 Å². The second kappa shape index (κ2) is 2.88. The highest BCUT2D eigenvalue weighted by Gasteiger charge is 2.91. The van der Waals surface area contributed by atoms with Crippen LogP contribution < -0.4 is 0 Å². The molecule has 0 amide bonds. The summed E-state index contributed by atoms with van der Waals surface area (Å²) >= 11 is 3.25. The van der Waals surface area contributed by atoms with Crippen molar-refractivity contribution in [2.45, 2.75) is 24.2 Å². The average Bonchev–Trinajstić information content (AvgIpc) is 2.18. The summed E-state index contributed by atoms with van der Waals surface area (Å²) in [5, 5.41) is 8.88. The first kappa shape index (κ1) is 11.1. The van der Waals surface area contributed by atoms with Crippen molar-refractivity contribution in [2.24, 2.45) is 5.41 Å². The van der Waals surface area contributed by atoms with Gasteiger partial charge in [-0.1, -0.05) is 28.1 Å². The summed E-state index contributed by atoms with van der Waals surface area (Å²) in [6.45, 7) is 0. The van der Waals surface area contributed by atoms with Crippen molar-refractivity contribution in [3.8, 4) is 0 Å². The maximum absolute atomic E-state index is 13.9. The van der Waals surface area contributed by atoms with Crippen LogP contribution in [0.3, 0.4) is 0 Å². The minimum absolute atomic E-state index is 0.0456. The van der Waals surface area contributed by atoms with Gasteiger partial charge in [-0.3, -0.25) is 4.79 Å². The molecule has 5 heteroatoms. The average molecular weight is 303 g/mol. The number of alkyl halides is 2. The molecule has 3 fully saturated rings. The van der Waals surface area contributed by atoms with E-state index in [-0.39, 0.29) is 12.8 Å². The van der Waals surface area contributed by atoms with Crippen LogP contribution in [0.4, 0.5) is 8.78 Å². The van der Waals surface area contributed by atoms with E-state index < -0.39 is 22.7 Å². The molecule has 0 radical (unpaired) electrons. The van der Waals surface area contributed by atoms with Gasteiger partial charge in [0.15, 0.2) is 0 Å². The molecule has 3 saturated carbocycles. The van der Waals surface area contributed by atoms with Crippen LogP contribution in [0.5, 0.6) is 0 Å².